The minimum atomic E-state index is -0.288. The van der Waals surface area contributed by atoms with Crippen molar-refractivity contribution >= 4 is 16.8 Å². The Morgan fingerprint density at radius 3 is 2.10 bits per heavy atom. The van der Waals surface area contributed by atoms with E-state index in [1.165, 1.54) is 44.2 Å². The van der Waals surface area contributed by atoms with Crippen molar-refractivity contribution in [2.24, 2.45) is 0 Å². The van der Waals surface area contributed by atoms with E-state index in [4.69, 9.17) is 4.74 Å². The van der Waals surface area contributed by atoms with Gasteiger partial charge in [-0.05, 0) is 54.3 Å². The number of rotatable bonds is 0. The molecule has 2 aliphatic rings. The SMILES string of the molecule is CC.CC.Cc1ccc2c(c1)C(C)(C)c1c3c(c4ccccc4c1-2)C=CC(C)(C)O3. The molecule has 158 valence electrons. The molecule has 0 aromatic heterocycles. The Hall–Kier alpha value is -2.54. The largest absolute Gasteiger partial charge is 0.483 e. The number of aryl methyl sites for hydroxylation is 1. The van der Waals surface area contributed by atoms with Crippen LogP contribution in [0, 0.1) is 6.92 Å². The fourth-order valence-corrected chi connectivity index (χ4v) is 4.70. The molecule has 0 spiro atoms. The molecule has 0 N–H and O–H groups in total. The first kappa shape index (κ1) is 22.2. The number of ether oxygens (including phenoxy) is 1. The van der Waals surface area contributed by atoms with Gasteiger partial charge in [0.1, 0.15) is 11.4 Å². The molecule has 1 nitrogen and oxygen atoms in total. The summed E-state index contributed by atoms with van der Waals surface area (Å²) in [6, 6.07) is 15.6. The topological polar surface area (TPSA) is 9.23 Å². The van der Waals surface area contributed by atoms with Gasteiger partial charge in [0.05, 0.1) is 0 Å². The van der Waals surface area contributed by atoms with Crippen LogP contribution in [0.5, 0.6) is 5.75 Å². The summed E-state index contributed by atoms with van der Waals surface area (Å²) < 4.78 is 6.58. The number of fused-ring (bicyclic) bond motifs is 8. The van der Waals surface area contributed by atoms with Crippen LogP contribution in [-0.2, 0) is 5.41 Å². The summed E-state index contributed by atoms with van der Waals surface area (Å²) in [5.41, 5.74) is 7.61. The van der Waals surface area contributed by atoms with Gasteiger partial charge in [-0.25, -0.2) is 0 Å². The minimum Gasteiger partial charge on any atom is -0.483 e. The Morgan fingerprint density at radius 2 is 1.43 bits per heavy atom. The third-order valence-electron chi connectivity index (χ3n) is 5.97. The van der Waals surface area contributed by atoms with Gasteiger partial charge in [-0.3, -0.25) is 0 Å². The monoisotopic (exact) mass is 400 g/mol. The molecule has 0 saturated heterocycles. The van der Waals surface area contributed by atoms with Crippen LogP contribution in [0.2, 0.25) is 0 Å². The fourth-order valence-electron chi connectivity index (χ4n) is 4.70. The third-order valence-corrected chi connectivity index (χ3v) is 5.97. The highest BCUT2D eigenvalue weighted by molar-refractivity contribution is 6.08. The Balaban J connectivity index is 0.000000606. The van der Waals surface area contributed by atoms with E-state index in [1.807, 2.05) is 27.7 Å². The molecule has 0 amide bonds. The summed E-state index contributed by atoms with van der Waals surface area (Å²) in [6.07, 6.45) is 4.43. The normalized spacial score (nSPS) is 16.2. The van der Waals surface area contributed by atoms with Crippen LogP contribution < -0.4 is 4.74 Å². The van der Waals surface area contributed by atoms with Crippen LogP contribution in [0.15, 0.2) is 48.5 Å². The molecule has 0 radical (unpaired) electrons. The Morgan fingerprint density at radius 1 is 0.800 bits per heavy atom. The van der Waals surface area contributed by atoms with Crippen LogP contribution >= 0.6 is 0 Å². The van der Waals surface area contributed by atoms with E-state index in [1.54, 1.807) is 0 Å². The molecule has 0 fully saturated rings. The molecule has 30 heavy (non-hydrogen) atoms. The van der Waals surface area contributed by atoms with Crippen LogP contribution in [0.4, 0.5) is 0 Å². The van der Waals surface area contributed by atoms with Gasteiger partial charge in [-0.1, -0.05) is 95.6 Å². The quantitative estimate of drug-likeness (QED) is 0.367. The standard InChI is InChI=1S/C25H24O.2C2H6/c1-15-10-11-19-20(14-15)25(4,5)22-21(19)17-9-7-6-8-16(17)18-12-13-24(2,3)26-23(18)22;2*1-2/h6-14H,1-5H3;2*1-2H3. The van der Waals surface area contributed by atoms with E-state index in [9.17, 15) is 0 Å². The van der Waals surface area contributed by atoms with Crippen molar-refractivity contribution in [3.8, 4) is 16.9 Å². The van der Waals surface area contributed by atoms with Crippen LogP contribution in [-0.4, -0.2) is 5.60 Å². The molecule has 3 aromatic rings. The highest BCUT2D eigenvalue weighted by Crippen LogP contribution is 2.57. The van der Waals surface area contributed by atoms with Gasteiger partial charge in [-0.2, -0.15) is 0 Å². The summed E-state index contributed by atoms with van der Waals surface area (Å²) in [6.45, 7) is 19.1. The second-order valence-corrected chi connectivity index (χ2v) is 8.75. The molecule has 0 atom stereocenters. The first-order chi connectivity index (χ1) is 14.3. The number of hydrogen-bond donors (Lipinski definition) is 0. The summed E-state index contributed by atoms with van der Waals surface area (Å²) >= 11 is 0. The minimum absolute atomic E-state index is 0.0773. The summed E-state index contributed by atoms with van der Waals surface area (Å²) in [5, 5.41) is 2.60. The Kier molecular flexibility index (Phi) is 5.87. The van der Waals surface area contributed by atoms with Gasteiger partial charge in [0, 0.05) is 16.5 Å². The molecular formula is C29H36O. The van der Waals surface area contributed by atoms with E-state index in [-0.39, 0.29) is 11.0 Å². The molecule has 1 aliphatic carbocycles. The zero-order chi connectivity index (χ0) is 22.3. The van der Waals surface area contributed by atoms with Crippen molar-refractivity contribution in [3.63, 3.8) is 0 Å². The Labute approximate surface area is 182 Å². The first-order valence-electron chi connectivity index (χ1n) is 11.4. The first-order valence-corrected chi connectivity index (χ1v) is 11.4. The summed E-state index contributed by atoms with van der Waals surface area (Å²) in [7, 11) is 0. The summed E-state index contributed by atoms with van der Waals surface area (Å²) in [4.78, 5) is 0. The second-order valence-electron chi connectivity index (χ2n) is 8.75. The lowest BCUT2D eigenvalue weighted by Crippen LogP contribution is -2.30. The van der Waals surface area contributed by atoms with E-state index < -0.39 is 0 Å². The predicted molar refractivity (Wildman–Crippen MR) is 133 cm³/mol. The molecule has 0 saturated carbocycles. The van der Waals surface area contributed by atoms with Gasteiger partial charge in [-0.15, -0.1) is 0 Å². The molecule has 0 unspecified atom stereocenters. The van der Waals surface area contributed by atoms with Crippen molar-refractivity contribution in [2.75, 3.05) is 0 Å². The maximum absolute atomic E-state index is 6.58. The van der Waals surface area contributed by atoms with Crippen LogP contribution in [0.1, 0.15) is 77.6 Å². The van der Waals surface area contributed by atoms with Gasteiger partial charge in [0.15, 0.2) is 0 Å². The van der Waals surface area contributed by atoms with Crippen molar-refractivity contribution in [1.29, 1.82) is 0 Å². The fraction of sp³-hybridized carbons (Fsp3) is 0.379. The van der Waals surface area contributed by atoms with Crippen LogP contribution in [0.25, 0.3) is 28.0 Å². The van der Waals surface area contributed by atoms with E-state index in [0.717, 1.165) is 5.75 Å². The molecule has 0 bridgehead atoms. The maximum Gasteiger partial charge on any atom is 0.133 e. The predicted octanol–water partition coefficient (Wildman–Crippen LogP) is 8.69. The molecule has 1 heterocycles. The molecule has 1 aliphatic heterocycles. The molecule has 5 rings (SSSR count). The molecule has 3 aromatic carbocycles. The van der Waals surface area contributed by atoms with Gasteiger partial charge >= 0.3 is 0 Å². The van der Waals surface area contributed by atoms with E-state index >= 15 is 0 Å². The highest BCUT2D eigenvalue weighted by atomic mass is 16.5. The highest BCUT2D eigenvalue weighted by Gasteiger charge is 2.42. The van der Waals surface area contributed by atoms with Crippen molar-refractivity contribution in [2.45, 2.75) is 73.3 Å². The number of benzene rings is 3. The van der Waals surface area contributed by atoms with Crippen LogP contribution in [0.3, 0.4) is 0 Å². The average Bonchev–Trinajstić information content (AvgIpc) is 2.98. The van der Waals surface area contributed by atoms with E-state index in [0.29, 0.717) is 0 Å². The second kappa shape index (κ2) is 7.95. The smallest absolute Gasteiger partial charge is 0.133 e. The average molecular weight is 401 g/mol. The van der Waals surface area contributed by atoms with Crippen molar-refractivity contribution < 1.29 is 4.74 Å². The maximum atomic E-state index is 6.58. The van der Waals surface area contributed by atoms with Crippen molar-refractivity contribution in [1.82, 2.24) is 0 Å². The zero-order valence-corrected chi connectivity index (χ0v) is 20.1. The lowest BCUT2D eigenvalue weighted by atomic mass is 9.79. The summed E-state index contributed by atoms with van der Waals surface area (Å²) in [5.74, 6) is 1.06. The van der Waals surface area contributed by atoms with Gasteiger partial charge < -0.3 is 4.74 Å². The van der Waals surface area contributed by atoms with Crippen molar-refractivity contribution in [3.05, 3.63) is 70.8 Å². The van der Waals surface area contributed by atoms with Gasteiger partial charge in [0.25, 0.3) is 0 Å². The molecular weight excluding hydrogens is 364 g/mol. The Bertz CT molecular complexity index is 1110. The van der Waals surface area contributed by atoms with Gasteiger partial charge in [0.2, 0.25) is 0 Å². The lowest BCUT2D eigenvalue weighted by molar-refractivity contribution is 0.156. The number of hydrogen-bond acceptors (Lipinski definition) is 1. The zero-order valence-electron chi connectivity index (χ0n) is 20.1. The third kappa shape index (κ3) is 3.25. The molecule has 1 heteroatoms. The lowest BCUT2D eigenvalue weighted by Gasteiger charge is -2.34. The van der Waals surface area contributed by atoms with E-state index in [2.05, 4.69) is 89.2 Å².